The van der Waals surface area contributed by atoms with E-state index in [0.29, 0.717) is 6.42 Å². The van der Waals surface area contributed by atoms with Crippen LogP contribution in [0.4, 0.5) is 5.69 Å². The van der Waals surface area contributed by atoms with E-state index < -0.39 is 0 Å². The van der Waals surface area contributed by atoms with Gasteiger partial charge in [0.2, 0.25) is 5.91 Å². The molecule has 1 aliphatic rings. The maximum atomic E-state index is 12.3. The molecule has 0 unspecified atom stereocenters. The summed E-state index contributed by atoms with van der Waals surface area (Å²) in [7, 11) is 1.69. The summed E-state index contributed by atoms with van der Waals surface area (Å²) in [6, 6.07) is 5.79. The molecule has 0 bridgehead atoms. The molecule has 0 atom stereocenters. The zero-order valence-corrected chi connectivity index (χ0v) is 12.1. The molecule has 0 aromatic heterocycles. The van der Waals surface area contributed by atoms with Crippen LogP contribution in [-0.2, 0) is 16.0 Å². The van der Waals surface area contributed by atoms with Gasteiger partial charge in [0.15, 0.2) is 0 Å². The molecule has 2 rings (SSSR count). The number of aryl methyl sites for hydroxylation is 1. The van der Waals surface area contributed by atoms with Crippen molar-refractivity contribution >= 4 is 23.2 Å². The van der Waals surface area contributed by atoms with E-state index in [1.807, 2.05) is 23.1 Å². The van der Waals surface area contributed by atoms with Crippen molar-refractivity contribution in [2.45, 2.75) is 32.1 Å². The number of benzene rings is 1. The van der Waals surface area contributed by atoms with Crippen molar-refractivity contribution in [1.82, 2.24) is 0 Å². The van der Waals surface area contributed by atoms with Gasteiger partial charge in [-0.1, -0.05) is 11.6 Å². The highest BCUT2D eigenvalue weighted by Gasteiger charge is 2.21. The minimum atomic E-state index is 0.208. The van der Waals surface area contributed by atoms with Gasteiger partial charge in [0, 0.05) is 37.4 Å². The minimum absolute atomic E-state index is 0.208. The third-order valence-corrected chi connectivity index (χ3v) is 3.69. The van der Waals surface area contributed by atoms with E-state index in [9.17, 15) is 4.79 Å². The fraction of sp³-hybridized carbons (Fsp3) is 0.533. The van der Waals surface area contributed by atoms with Crippen molar-refractivity contribution in [3.63, 3.8) is 0 Å². The van der Waals surface area contributed by atoms with Crippen LogP contribution in [0.3, 0.4) is 0 Å². The van der Waals surface area contributed by atoms with Gasteiger partial charge in [0.1, 0.15) is 0 Å². The minimum Gasteiger partial charge on any atom is -0.385 e. The number of hydrogen-bond acceptors (Lipinski definition) is 2. The van der Waals surface area contributed by atoms with Crippen molar-refractivity contribution in [3.05, 3.63) is 28.8 Å². The third-order valence-electron chi connectivity index (χ3n) is 3.45. The van der Waals surface area contributed by atoms with Crippen LogP contribution in [-0.4, -0.2) is 26.2 Å². The Bertz CT molecular complexity index is 448. The van der Waals surface area contributed by atoms with Crippen LogP contribution in [0.5, 0.6) is 0 Å². The molecule has 4 heteroatoms. The number of amides is 1. The molecule has 1 amide bonds. The number of fused-ring (bicyclic) bond motifs is 1. The molecule has 1 aliphatic heterocycles. The maximum absolute atomic E-state index is 12.3. The molecule has 0 saturated heterocycles. The van der Waals surface area contributed by atoms with Gasteiger partial charge in [0.25, 0.3) is 0 Å². The SMILES string of the molecule is COCCCCC(=O)N1CCCc2cc(Cl)ccc21. The fourth-order valence-electron chi connectivity index (χ4n) is 2.48. The molecule has 104 valence electrons. The number of anilines is 1. The van der Waals surface area contributed by atoms with Crippen LogP contribution in [0, 0.1) is 0 Å². The molecule has 0 aliphatic carbocycles. The van der Waals surface area contributed by atoms with Gasteiger partial charge in [-0.3, -0.25) is 4.79 Å². The topological polar surface area (TPSA) is 29.5 Å². The molecule has 0 radical (unpaired) electrons. The molecular formula is C15H20ClNO2. The average Bonchev–Trinajstić information content (AvgIpc) is 2.42. The second-order valence-electron chi connectivity index (χ2n) is 4.87. The summed E-state index contributed by atoms with van der Waals surface area (Å²) in [5.74, 6) is 0.208. The van der Waals surface area contributed by atoms with Crippen molar-refractivity contribution in [2.75, 3.05) is 25.2 Å². The first-order valence-electron chi connectivity index (χ1n) is 6.80. The summed E-state index contributed by atoms with van der Waals surface area (Å²) in [5.41, 5.74) is 2.22. The fourth-order valence-corrected chi connectivity index (χ4v) is 2.68. The van der Waals surface area contributed by atoms with Crippen LogP contribution in [0.15, 0.2) is 18.2 Å². The predicted octanol–water partition coefficient (Wildman–Crippen LogP) is 3.44. The van der Waals surface area contributed by atoms with Crippen LogP contribution < -0.4 is 4.90 Å². The molecule has 0 fully saturated rings. The first-order valence-corrected chi connectivity index (χ1v) is 7.18. The number of carbonyl (C=O) groups excluding carboxylic acids is 1. The number of nitrogens with zero attached hydrogens (tertiary/aromatic N) is 1. The summed E-state index contributed by atoms with van der Waals surface area (Å²) in [4.78, 5) is 14.2. The number of rotatable bonds is 5. The lowest BCUT2D eigenvalue weighted by molar-refractivity contribution is -0.118. The Balaban J connectivity index is 2.00. The number of methoxy groups -OCH3 is 1. The summed E-state index contributed by atoms with van der Waals surface area (Å²) >= 11 is 6.00. The van der Waals surface area contributed by atoms with Gasteiger partial charge >= 0.3 is 0 Å². The normalized spacial score (nSPS) is 14.3. The van der Waals surface area contributed by atoms with Gasteiger partial charge in [0.05, 0.1) is 0 Å². The Labute approximate surface area is 119 Å². The number of carbonyl (C=O) groups is 1. The molecule has 1 aromatic carbocycles. The molecule has 0 saturated carbocycles. The van der Waals surface area contributed by atoms with Crippen molar-refractivity contribution in [3.8, 4) is 0 Å². The lowest BCUT2D eigenvalue weighted by Crippen LogP contribution is -2.35. The summed E-state index contributed by atoms with van der Waals surface area (Å²) < 4.78 is 5.00. The van der Waals surface area contributed by atoms with Crippen molar-refractivity contribution in [2.24, 2.45) is 0 Å². The van der Waals surface area contributed by atoms with Crippen molar-refractivity contribution < 1.29 is 9.53 Å². The zero-order chi connectivity index (χ0) is 13.7. The van der Waals surface area contributed by atoms with Crippen molar-refractivity contribution in [1.29, 1.82) is 0 Å². The van der Waals surface area contributed by atoms with E-state index in [2.05, 4.69) is 0 Å². The van der Waals surface area contributed by atoms with E-state index >= 15 is 0 Å². The highest BCUT2D eigenvalue weighted by molar-refractivity contribution is 6.30. The average molecular weight is 282 g/mol. The third kappa shape index (κ3) is 3.71. The Morgan fingerprint density at radius 3 is 3.05 bits per heavy atom. The van der Waals surface area contributed by atoms with Crippen LogP contribution >= 0.6 is 11.6 Å². The largest absolute Gasteiger partial charge is 0.385 e. The Kier molecular flexibility index (Phi) is 5.23. The Morgan fingerprint density at radius 2 is 2.26 bits per heavy atom. The molecule has 3 nitrogen and oxygen atoms in total. The lowest BCUT2D eigenvalue weighted by atomic mass is 10.0. The zero-order valence-electron chi connectivity index (χ0n) is 11.3. The monoisotopic (exact) mass is 281 g/mol. The number of hydrogen-bond donors (Lipinski definition) is 0. The van der Waals surface area contributed by atoms with Crippen LogP contribution in [0.1, 0.15) is 31.2 Å². The molecule has 0 N–H and O–H groups in total. The molecule has 1 heterocycles. The predicted molar refractivity (Wildman–Crippen MR) is 77.9 cm³/mol. The van der Waals surface area contributed by atoms with Crippen LogP contribution in [0.2, 0.25) is 5.02 Å². The molecular weight excluding hydrogens is 262 g/mol. The molecule has 0 spiro atoms. The standard InChI is InChI=1S/C15H20ClNO2/c1-19-10-3-2-6-15(18)17-9-4-5-12-11-13(16)7-8-14(12)17/h7-8,11H,2-6,9-10H2,1H3. The van der Waals surface area contributed by atoms with E-state index in [-0.39, 0.29) is 5.91 Å². The lowest BCUT2D eigenvalue weighted by Gasteiger charge is -2.29. The summed E-state index contributed by atoms with van der Waals surface area (Å²) in [6.45, 7) is 1.54. The van der Waals surface area contributed by atoms with Gasteiger partial charge in [-0.15, -0.1) is 0 Å². The second kappa shape index (κ2) is 6.92. The quantitative estimate of drug-likeness (QED) is 0.774. The highest BCUT2D eigenvalue weighted by atomic mass is 35.5. The first kappa shape index (κ1) is 14.4. The van der Waals surface area contributed by atoms with E-state index in [0.717, 1.165) is 49.5 Å². The van der Waals surface area contributed by atoms with Gasteiger partial charge in [-0.05, 0) is 49.4 Å². The number of halogens is 1. The highest BCUT2D eigenvalue weighted by Crippen LogP contribution is 2.30. The van der Waals surface area contributed by atoms with Gasteiger partial charge < -0.3 is 9.64 Å². The summed E-state index contributed by atoms with van der Waals surface area (Å²) in [6.07, 6.45) is 4.42. The second-order valence-corrected chi connectivity index (χ2v) is 5.31. The Morgan fingerprint density at radius 1 is 1.42 bits per heavy atom. The van der Waals surface area contributed by atoms with E-state index in [1.165, 1.54) is 5.56 Å². The first-order chi connectivity index (χ1) is 9.22. The van der Waals surface area contributed by atoms with E-state index in [4.69, 9.17) is 16.3 Å². The smallest absolute Gasteiger partial charge is 0.226 e. The number of ether oxygens (including phenoxy) is 1. The van der Waals surface area contributed by atoms with Crippen LogP contribution in [0.25, 0.3) is 0 Å². The molecule has 1 aromatic rings. The number of unbranched alkanes of at least 4 members (excludes halogenated alkanes) is 1. The van der Waals surface area contributed by atoms with Gasteiger partial charge in [-0.25, -0.2) is 0 Å². The van der Waals surface area contributed by atoms with E-state index in [1.54, 1.807) is 7.11 Å². The Hall–Kier alpha value is -1.06. The summed E-state index contributed by atoms with van der Waals surface area (Å²) in [5, 5.41) is 0.744. The van der Waals surface area contributed by atoms with Gasteiger partial charge in [-0.2, -0.15) is 0 Å². The molecule has 19 heavy (non-hydrogen) atoms. The maximum Gasteiger partial charge on any atom is 0.226 e.